The maximum atomic E-state index is 13.3. The summed E-state index contributed by atoms with van der Waals surface area (Å²) in [7, 11) is -1.12. The van der Waals surface area contributed by atoms with E-state index >= 15 is 0 Å². The van der Waals surface area contributed by atoms with Crippen LogP contribution in [0.4, 0.5) is 10.1 Å². The first-order valence-electron chi connectivity index (χ1n) is 5.96. The predicted octanol–water partition coefficient (Wildman–Crippen LogP) is 2.64. The number of hydrogen-bond acceptors (Lipinski definition) is 4. The van der Waals surface area contributed by atoms with Gasteiger partial charge in [-0.15, -0.1) is 0 Å². The molecular weight excluding hydrogens is 297 g/mol. The minimum absolute atomic E-state index is 0.0670. The van der Waals surface area contributed by atoms with Crippen molar-refractivity contribution in [2.45, 2.75) is 4.90 Å². The number of sulfonamides is 1. The summed E-state index contributed by atoms with van der Waals surface area (Å²) in [6, 6.07) is 9.61. The molecule has 0 atom stereocenters. The number of anilines is 1. The summed E-state index contributed by atoms with van der Waals surface area (Å²) >= 11 is 0. The van der Waals surface area contributed by atoms with Gasteiger partial charge in [-0.05, 0) is 42.5 Å². The third-order valence-electron chi connectivity index (χ3n) is 2.76. The second kappa shape index (κ2) is 6.01. The van der Waals surface area contributed by atoms with Gasteiger partial charge in [-0.2, -0.15) is 0 Å². The Morgan fingerprint density at radius 2 is 1.67 bits per heavy atom. The Kier molecular flexibility index (Phi) is 4.32. The van der Waals surface area contributed by atoms with Crippen molar-refractivity contribution in [2.24, 2.45) is 0 Å². The molecule has 0 bridgehead atoms. The highest BCUT2D eigenvalue weighted by molar-refractivity contribution is 7.92. The average Bonchev–Trinajstić information content (AvgIpc) is 2.47. The van der Waals surface area contributed by atoms with Gasteiger partial charge >= 0.3 is 0 Å². The van der Waals surface area contributed by atoms with Gasteiger partial charge in [-0.1, -0.05) is 0 Å². The number of hydrogen-bond donors (Lipinski definition) is 1. The molecule has 0 amide bonds. The Morgan fingerprint density at radius 1 is 1.00 bits per heavy atom. The highest BCUT2D eigenvalue weighted by Gasteiger charge is 2.20. The summed E-state index contributed by atoms with van der Waals surface area (Å²) in [5.41, 5.74) is 0.335. The van der Waals surface area contributed by atoms with Crippen molar-refractivity contribution in [2.75, 3.05) is 18.9 Å². The number of methoxy groups -OCH3 is 2. The van der Waals surface area contributed by atoms with Crippen LogP contribution in [0.2, 0.25) is 0 Å². The molecule has 2 aromatic rings. The minimum atomic E-state index is -3.95. The number of ether oxygens (including phenoxy) is 2. The second-order valence-electron chi connectivity index (χ2n) is 4.13. The topological polar surface area (TPSA) is 64.6 Å². The van der Waals surface area contributed by atoms with Gasteiger partial charge in [-0.3, -0.25) is 4.72 Å². The van der Waals surface area contributed by atoms with Crippen LogP contribution >= 0.6 is 0 Å². The number of benzene rings is 2. The standard InChI is InChI=1S/C14H14FNO4S/c1-19-12-6-4-11(5-7-12)16-21(17,18)14-9-10(15)3-8-13(14)20-2/h3-9,16H,1-2H3. The molecule has 0 radical (unpaired) electrons. The molecule has 0 spiro atoms. The van der Waals surface area contributed by atoms with Crippen molar-refractivity contribution < 1.29 is 22.3 Å². The zero-order chi connectivity index (χ0) is 15.5. The summed E-state index contributed by atoms with van der Waals surface area (Å²) in [4.78, 5) is -0.263. The Bertz CT molecular complexity index is 729. The Labute approximate surface area is 122 Å². The normalized spacial score (nSPS) is 11.0. The molecule has 2 rings (SSSR count). The van der Waals surface area contributed by atoms with Crippen LogP contribution in [0.1, 0.15) is 0 Å². The lowest BCUT2D eigenvalue weighted by molar-refractivity contribution is 0.401. The van der Waals surface area contributed by atoms with Crippen LogP contribution in [0.3, 0.4) is 0 Å². The van der Waals surface area contributed by atoms with Gasteiger partial charge < -0.3 is 9.47 Å². The molecule has 0 saturated carbocycles. The molecule has 0 heterocycles. The maximum absolute atomic E-state index is 13.3. The molecule has 5 nitrogen and oxygen atoms in total. The molecule has 0 fully saturated rings. The van der Waals surface area contributed by atoms with E-state index in [1.807, 2.05) is 0 Å². The van der Waals surface area contributed by atoms with Crippen LogP contribution in [0, 0.1) is 5.82 Å². The lowest BCUT2D eigenvalue weighted by Gasteiger charge is -2.12. The number of nitrogens with one attached hydrogen (secondary N) is 1. The van der Waals surface area contributed by atoms with E-state index in [9.17, 15) is 12.8 Å². The average molecular weight is 311 g/mol. The van der Waals surface area contributed by atoms with Gasteiger partial charge in [0.05, 0.1) is 14.2 Å². The molecule has 2 aromatic carbocycles. The smallest absolute Gasteiger partial charge is 0.265 e. The molecular formula is C14H14FNO4S. The Balaban J connectivity index is 2.35. The number of rotatable bonds is 5. The monoisotopic (exact) mass is 311 g/mol. The van der Waals surface area contributed by atoms with E-state index < -0.39 is 15.8 Å². The van der Waals surface area contributed by atoms with E-state index in [4.69, 9.17) is 9.47 Å². The molecule has 0 saturated heterocycles. The zero-order valence-corrected chi connectivity index (χ0v) is 12.3. The predicted molar refractivity (Wildman–Crippen MR) is 76.8 cm³/mol. The minimum Gasteiger partial charge on any atom is -0.497 e. The first kappa shape index (κ1) is 15.1. The van der Waals surface area contributed by atoms with Gasteiger partial charge in [0.15, 0.2) is 0 Å². The fraction of sp³-hybridized carbons (Fsp3) is 0.143. The molecule has 0 unspecified atom stereocenters. The van der Waals surface area contributed by atoms with E-state index in [1.54, 1.807) is 24.3 Å². The van der Waals surface area contributed by atoms with Crippen LogP contribution < -0.4 is 14.2 Å². The van der Waals surface area contributed by atoms with Crippen molar-refractivity contribution in [3.05, 3.63) is 48.3 Å². The summed E-state index contributed by atoms with van der Waals surface area (Å²) in [5.74, 6) is 0.00426. The van der Waals surface area contributed by atoms with Crippen molar-refractivity contribution in [1.82, 2.24) is 0 Å². The van der Waals surface area contributed by atoms with E-state index in [1.165, 1.54) is 20.3 Å². The maximum Gasteiger partial charge on any atom is 0.265 e. The third kappa shape index (κ3) is 3.43. The van der Waals surface area contributed by atoms with Crippen LogP contribution in [-0.4, -0.2) is 22.6 Å². The molecule has 0 aliphatic carbocycles. The highest BCUT2D eigenvalue weighted by atomic mass is 32.2. The van der Waals surface area contributed by atoms with E-state index in [-0.39, 0.29) is 10.6 Å². The summed E-state index contributed by atoms with van der Waals surface area (Å²) < 4.78 is 50.2. The van der Waals surface area contributed by atoms with Gasteiger partial charge in [0.25, 0.3) is 10.0 Å². The quantitative estimate of drug-likeness (QED) is 0.922. The van der Waals surface area contributed by atoms with Crippen molar-refractivity contribution in [3.8, 4) is 11.5 Å². The van der Waals surface area contributed by atoms with Crippen LogP contribution in [0.25, 0.3) is 0 Å². The van der Waals surface area contributed by atoms with E-state index in [0.717, 1.165) is 12.1 Å². The summed E-state index contributed by atoms with van der Waals surface area (Å²) in [5, 5.41) is 0. The third-order valence-corrected chi connectivity index (χ3v) is 4.16. The number of halogens is 1. The molecule has 0 aliphatic heterocycles. The largest absolute Gasteiger partial charge is 0.497 e. The Hall–Kier alpha value is -2.28. The first-order valence-corrected chi connectivity index (χ1v) is 7.45. The summed E-state index contributed by atoms with van der Waals surface area (Å²) in [6.45, 7) is 0. The van der Waals surface area contributed by atoms with Crippen LogP contribution in [0.15, 0.2) is 47.4 Å². The zero-order valence-electron chi connectivity index (χ0n) is 11.5. The van der Waals surface area contributed by atoms with Crippen molar-refractivity contribution in [1.29, 1.82) is 0 Å². The lowest BCUT2D eigenvalue weighted by Crippen LogP contribution is -2.14. The van der Waals surface area contributed by atoms with Crippen LogP contribution in [-0.2, 0) is 10.0 Å². The van der Waals surface area contributed by atoms with Crippen LogP contribution in [0.5, 0.6) is 11.5 Å². The first-order chi connectivity index (χ1) is 9.96. The molecule has 21 heavy (non-hydrogen) atoms. The molecule has 7 heteroatoms. The van der Waals surface area contributed by atoms with Gasteiger partial charge in [0.2, 0.25) is 0 Å². The molecule has 0 aliphatic rings. The molecule has 112 valence electrons. The molecule has 1 N–H and O–H groups in total. The summed E-state index contributed by atoms with van der Waals surface area (Å²) in [6.07, 6.45) is 0. The van der Waals surface area contributed by atoms with E-state index in [2.05, 4.69) is 4.72 Å². The van der Waals surface area contributed by atoms with Gasteiger partial charge in [0, 0.05) is 5.69 Å². The second-order valence-corrected chi connectivity index (χ2v) is 5.78. The lowest BCUT2D eigenvalue weighted by atomic mass is 10.3. The fourth-order valence-electron chi connectivity index (χ4n) is 1.73. The SMILES string of the molecule is COc1ccc(NS(=O)(=O)c2cc(F)ccc2OC)cc1. The van der Waals surface area contributed by atoms with Gasteiger partial charge in [-0.25, -0.2) is 12.8 Å². The molecule has 0 aromatic heterocycles. The van der Waals surface area contributed by atoms with Crippen molar-refractivity contribution >= 4 is 15.7 Å². The van der Waals surface area contributed by atoms with E-state index in [0.29, 0.717) is 11.4 Å². The van der Waals surface area contributed by atoms with Crippen molar-refractivity contribution in [3.63, 3.8) is 0 Å². The van der Waals surface area contributed by atoms with Gasteiger partial charge in [0.1, 0.15) is 22.2 Å². The highest BCUT2D eigenvalue weighted by Crippen LogP contribution is 2.27. The fourth-order valence-corrected chi connectivity index (χ4v) is 2.97. The Morgan fingerprint density at radius 3 is 2.24 bits per heavy atom.